The van der Waals surface area contributed by atoms with E-state index in [-0.39, 0.29) is 24.9 Å². The van der Waals surface area contributed by atoms with Gasteiger partial charge in [-0.15, -0.1) is 0 Å². The van der Waals surface area contributed by atoms with Gasteiger partial charge in [-0.25, -0.2) is 0 Å². The van der Waals surface area contributed by atoms with Crippen molar-refractivity contribution in [2.75, 3.05) is 30.8 Å². The Bertz CT molecular complexity index is 946. The number of benzene rings is 3. The maximum atomic E-state index is 12.4. The molecule has 3 aromatic carbocycles. The molecule has 0 spiro atoms. The molecule has 0 aliphatic rings. The summed E-state index contributed by atoms with van der Waals surface area (Å²) in [4.78, 5) is 26.2. The number of fused-ring (bicyclic) bond motifs is 1. The number of aryl methyl sites for hydroxylation is 1. The van der Waals surface area contributed by atoms with Crippen LogP contribution in [0.4, 0.5) is 11.4 Å². The first-order chi connectivity index (χ1) is 13.0. The molecule has 0 unspecified atom stereocenters. The molecule has 2 amide bonds. The van der Waals surface area contributed by atoms with Crippen LogP contribution in [0, 0.1) is 6.92 Å². The molecular weight excluding hydrogens is 338 g/mol. The van der Waals surface area contributed by atoms with Crippen LogP contribution in [0.2, 0.25) is 0 Å². The van der Waals surface area contributed by atoms with Crippen molar-refractivity contribution in [1.82, 2.24) is 4.90 Å². The van der Waals surface area contributed by atoms with Crippen LogP contribution in [0.1, 0.15) is 5.56 Å². The third-order valence-corrected chi connectivity index (χ3v) is 4.23. The van der Waals surface area contributed by atoms with Crippen molar-refractivity contribution in [3.05, 3.63) is 72.3 Å². The minimum atomic E-state index is -0.156. The van der Waals surface area contributed by atoms with Crippen LogP contribution in [-0.2, 0) is 9.59 Å². The maximum absolute atomic E-state index is 12.4. The van der Waals surface area contributed by atoms with Gasteiger partial charge in [-0.2, -0.15) is 0 Å². The number of rotatable bonds is 6. The van der Waals surface area contributed by atoms with E-state index >= 15 is 0 Å². The Balaban J connectivity index is 1.54. The zero-order valence-corrected chi connectivity index (χ0v) is 15.5. The Morgan fingerprint density at radius 2 is 1.44 bits per heavy atom. The van der Waals surface area contributed by atoms with Gasteiger partial charge in [0.05, 0.1) is 13.1 Å². The number of hydrogen-bond acceptors (Lipinski definition) is 3. The number of hydrogen-bond donors (Lipinski definition) is 2. The molecular formula is C22H23N3O2. The van der Waals surface area contributed by atoms with Crippen LogP contribution in [-0.4, -0.2) is 36.9 Å². The standard InChI is InChI=1S/C22H23N3O2/c1-16-10-12-18(13-11-16)23-21(26)14-25(2)15-22(27)24-20-9-5-7-17-6-3-4-8-19(17)20/h3-13H,14-15H2,1-2H3,(H,23,26)(H,24,27). The zero-order valence-electron chi connectivity index (χ0n) is 15.5. The maximum Gasteiger partial charge on any atom is 0.238 e. The zero-order chi connectivity index (χ0) is 19.2. The highest BCUT2D eigenvalue weighted by Gasteiger charge is 2.12. The summed E-state index contributed by atoms with van der Waals surface area (Å²) in [6.07, 6.45) is 0. The topological polar surface area (TPSA) is 61.4 Å². The lowest BCUT2D eigenvalue weighted by Crippen LogP contribution is -2.36. The second-order valence-corrected chi connectivity index (χ2v) is 6.66. The average Bonchev–Trinajstić information content (AvgIpc) is 2.63. The highest BCUT2D eigenvalue weighted by atomic mass is 16.2. The van der Waals surface area contributed by atoms with Crippen molar-refractivity contribution >= 4 is 34.0 Å². The van der Waals surface area contributed by atoms with Crippen LogP contribution >= 0.6 is 0 Å². The van der Waals surface area contributed by atoms with E-state index in [0.29, 0.717) is 0 Å². The Hall–Kier alpha value is -3.18. The second-order valence-electron chi connectivity index (χ2n) is 6.66. The highest BCUT2D eigenvalue weighted by Crippen LogP contribution is 2.22. The predicted octanol–water partition coefficient (Wildman–Crippen LogP) is 3.66. The van der Waals surface area contributed by atoms with E-state index in [9.17, 15) is 9.59 Å². The largest absolute Gasteiger partial charge is 0.325 e. The molecule has 0 saturated carbocycles. The molecule has 0 radical (unpaired) electrons. The van der Waals surface area contributed by atoms with Crippen molar-refractivity contribution in [1.29, 1.82) is 0 Å². The van der Waals surface area contributed by atoms with Gasteiger partial charge in [-0.1, -0.05) is 54.1 Å². The summed E-state index contributed by atoms with van der Waals surface area (Å²) < 4.78 is 0. The number of carbonyl (C=O) groups is 2. The van der Waals surface area contributed by atoms with Crippen molar-refractivity contribution < 1.29 is 9.59 Å². The average molecular weight is 361 g/mol. The van der Waals surface area contributed by atoms with Gasteiger partial charge in [0.15, 0.2) is 0 Å². The summed E-state index contributed by atoms with van der Waals surface area (Å²) >= 11 is 0. The number of amides is 2. The van der Waals surface area contributed by atoms with E-state index in [2.05, 4.69) is 10.6 Å². The minimum Gasteiger partial charge on any atom is -0.325 e. The van der Waals surface area contributed by atoms with E-state index in [4.69, 9.17) is 0 Å². The normalized spacial score (nSPS) is 10.8. The molecule has 5 heteroatoms. The van der Waals surface area contributed by atoms with Gasteiger partial charge in [-0.3, -0.25) is 14.5 Å². The molecule has 2 N–H and O–H groups in total. The lowest BCUT2D eigenvalue weighted by atomic mass is 10.1. The SMILES string of the molecule is Cc1ccc(NC(=O)CN(C)CC(=O)Nc2cccc3ccccc23)cc1. The molecule has 0 aliphatic heterocycles. The summed E-state index contributed by atoms with van der Waals surface area (Å²) in [6, 6.07) is 21.3. The van der Waals surface area contributed by atoms with Gasteiger partial charge in [0.25, 0.3) is 0 Å². The number of carbonyl (C=O) groups excluding carboxylic acids is 2. The van der Waals surface area contributed by atoms with Crippen molar-refractivity contribution in [3.8, 4) is 0 Å². The van der Waals surface area contributed by atoms with Gasteiger partial charge >= 0.3 is 0 Å². The van der Waals surface area contributed by atoms with E-state index in [1.54, 1.807) is 11.9 Å². The molecule has 0 atom stereocenters. The van der Waals surface area contributed by atoms with Crippen molar-refractivity contribution in [3.63, 3.8) is 0 Å². The third kappa shape index (κ3) is 5.15. The molecule has 5 nitrogen and oxygen atoms in total. The molecule has 0 saturated heterocycles. The molecule has 0 aromatic heterocycles. The molecule has 0 bridgehead atoms. The lowest BCUT2D eigenvalue weighted by molar-refractivity contribution is -0.119. The number of likely N-dealkylation sites (N-methyl/N-ethyl adjacent to an activating group) is 1. The number of anilines is 2. The van der Waals surface area contributed by atoms with E-state index in [1.807, 2.05) is 73.7 Å². The summed E-state index contributed by atoms with van der Waals surface area (Å²) in [5.74, 6) is -0.309. The van der Waals surface area contributed by atoms with Gasteiger partial charge in [0.1, 0.15) is 0 Å². The molecule has 0 fully saturated rings. The van der Waals surface area contributed by atoms with Gasteiger partial charge in [-0.05, 0) is 37.6 Å². The van der Waals surface area contributed by atoms with E-state index < -0.39 is 0 Å². The summed E-state index contributed by atoms with van der Waals surface area (Å²) in [5.41, 5.74) is 2.66. The first kappa shape index (κ1) is 18.6. The van der Waals surface area contributed by atoms with Gasteiger partial charge in [0.2, 0.25) is 11.8 Å². The smallest absolute Gasteiger partial charge is 0.238 e. The Morgan fingerprint density at radius 1 is 0.815 bits per heavy atom. The quantitative estimate of drug-likeness (QED) is 0.704. The van der Waals surface area contributed by atoms with Crippen molar-refractivity contribution in [2.24, 2.45) is 0 Å². The van der Waals surface area contributed by atoms with E-state index in [1.165, 1.54) is 0 Å². The van der Waals surface area contributed by atoms with Crippen LogP contribution in [0.15, 0.2) is 66.7 Å². The summed E-state index contributed by atoms with van der Waals surface area (Å²) in [6.45, 7) is 2.26. The number of nitrogens with one attached hydrogen (secondary N) is 2. The monoisotopic (exact) mass is 361 g/mol. The Morgan fingerprint density at radius 3 is 2.19 bits per heavy atom. The fourth-order valence-corrected chi connectivity index (χ4v) is 2.91. The van der Waals surface area contributed by atoms with Crippen LogP contribution < -0.4 is 10.6 Å². The minimum absolute atomic E-state index is 0.130. The second kappa shape index (κ2) is 8.47. The van der Waals surface area contributed by atoms with Crippen LogP contribution in [0.5, 0.6) is 0 Å². The van der Waals surface area contributed by atoms with Gasteiger partial charge in [0, 0.05) is 16.8 Å². The van der Waals surface area contributed by atoms with Crippen LogP contribution in [0.3, 0.4) is 0 Å². The lowest BCUT2D eigenvalue weighted by Gasteiger charge is -2.16. The van der Waals surface area contributed by atoms with Gasteiger partial charge < -0.3 is 10.6 Å². The Labute approximate surface area is 159 Å². The van der Waals surface area contributed by atoms with E-state index in [0.717, 1.165) is 27.7 Å². The first-order valence-corrected chi connectivity index (χ1v) is 8.84. The molecule has 3 aromatic rings. The molecule has 138 valence electrons. The van der Waals surface area contributed by atoms with Crippen LogP contribution in [0.25, 0.3) is 10.8 Å². The third-order valence-electron chi connectivity index (χ3n) is 4.23. The summed E-state index contributed by atoms with van der Waals surface area (Å²) in [7, 11) is 1.75. The number of nitrogens with zero attached hydrogens (tertiary/aromatic N) is 1. The molecule has 3 rings (SSSR count). The highest BCUT2D eigenvalue weighted by molar-refractivity contribution is 6.02. The fourth-order valence-electron chi connectivity index (χ4n) is 2.91. The summed E-state index contributed by atoms with van der Waals surface area (Å²) in [5, 5.41) is 7.83. The predicted molar refractivity (Wildman–Crippen MR) is 110 cm³/mol. The molecule has 0 aliphatic carbocycles. The Kier molecular flexibility index (Phi) is 5.84. The molecule has 27 heavy (non-hydrogen) atoms. The fraction of sp³-hybridized carbons (Fsp3) is 0.182. The first-order valence-electron chi connectivity index (χ1n) is 8.84. The van der Waals surface area contributed by atoms with Crippen molar-refractivity contribution in [2.45, 2.75) is 6.92 Å². The molecule has 0 heterocycles.